The molecule has 0 bridgehead atoms. The minimum atomic E-state index is -0.0297. The molecule has 0 spiro atoms. The molecule has 0 aromatic carbocycles. The number of likely N-dealkylation sites (tertiary alicyclic amines) is 1. The molecule has 3 rings (SSSR count). The number of carbonyl (C=O) groups is 1. The van der Waals surface area contributed by atoms with Crippen molar-refractivity contribution in [3.8, 4) is 0 Å². The Balaban J connectivity index is 1.64. The van der Waals surface area contributed by atoms with E-state index in [1.54, 1.807) is 6.26 Å². The number of hydrogen-bond acceptors (Lipinski definition) is 3. The summed E-state index contributed by atoms with van der Waals surface area (Å²) in [7, 11) is 0. The van der Waals surface area contributed by atoms with Crippen LogP contribution in [0.4, 0.5) is 0 Å². The predicted molar refractivity (Wildman–Crippen MR) is 91.6 cm³/mol. The zero-order valence-corrected chi connectivity index (χ0v) is 13.8. The summed E-state index contributed by atoms with van der Waals surface area (Å²) in [5.41, 5.74) is 2.39. The summed E-state index contributed by atoms with van der Waals surface area (Å²) in [6, 6.07) is 3.73. The lowest BCUT2D eigenvalue weighted by atomic mass is 10.1. The lowest BCUT2D eigenvalue weighted by molar-refractivity contribution is 0.0938. The Morgan fingerprint density at radius 3 is 2.96 bits per heavy atom. The van der Waals surface area contributed by atoms with Gasteiger partial charge in [0, 0.05) is 31.8 Å². The first-order valence-electron chi connectivity index (χ1n) is 8.48. The third-order valence-electron chi connectivity index (χ3n) is 4.44. The average molecular weight is 315 g/mol. The second-order valence-corrected chi connectivity index (χ2v) is 6.04. The number of fused-ring (bicyclic) bond motifs is 1. The number of piperidine rings is 1. The number of aromatic nitrogens is 1. The van der Waals surface area contributed by atoms with E-state index in [0.29, 0.717) is 18.8 Å². The predicted octanol–water partition coefficient (Wildman–Crippen LogP) is 3.03. The van der Waals surface area contributed by atoms with E-state index in [9.17, 15) is 4.79 Å². The highest BCUT2D eigenvalue weighted by Gasteiger charge is 2.17. The van der Waals surface area contributed by atoms with Crippen molar-refractivity contribution in [2.45, 2.75) is 32.7 Å². The van der Waals surface area contributed by atoms with Crippen LogP contribution in [0, 0.1) is 0 Å². The van der Waals surface area contributed by atoms with E-state index in [1.165, 1.54) is 19.3 Å². The molecule has 5 nitrogen and oxygen atoms in total. The van der Waals surface area contributed by atoms with E-state index in [1.807, 2.05) is 35.8 Å². The van der Waals surface area contributed by atoms with Gasteiger partial charge in [0.05, 0.1) is 11.8 Å². The summed E-state index contributed by atoms with van der Waals surface area (Å²) in [5, 5.41) is 3.05. The van der Waals surface area contributed by atoms with Gasteiger partial charge in [-0.2, -0.15) is 0 Å². The van der Waals surface area contributed by atoms with Gasteiger partial charge in [-0.3, -0.25) is 4.79 Å². The number of amides is 1. The van der Waals surface area contributed by atoms with Gasteiger partial charge in [0.25, 0.3) is 5.91 Å². The smallest absolute Gasteiger partial charge is 0.268 e. The lowest BCUT2D eigenvalue weighted by Gasteiger charge is -2.26. The van der Waals surface area contributed by atoms with Crippen LogP contribution >= 0.6 is 0 Å². The van der Waals surface area contributed by atoms with Crippen molar-refractivity contribution in [1.29, 1.82) is 0 Å². The molecule has 1 aliphatic heterocycles. The fourth-order valence-electron chi connectivity index (χ4n) is 3.17. The molecule has 3 heterocycles. The zero-order valence-electron chi connectivity index (χ0n) is 13.8. The molecule has 0 radical (unpaired) electrons. The molecule has 1 N–H and O–H groups in total. The first-order chi connectivity index (χ1) is 11.3. The van der Waals surface area contributed by atoms with Gasteiger partial charge in [-0.1, -0.05) is 18.6 Å². The highest BCUT2D eigenvalue weighted by molar-refractivity contribution is 5.97. The molecule has 0 saturated carbocycles. The van der Waals surface area contributed by atoms with Crippen LogP contribution in [-0.2, 0) is 6.54 Å². The minimum absolute atomic E-state index is 0.0297. The molecule has 0 atom stereocenters. The lowest BCUT2D eigenvalue weighted by Crippen LogP contribution is -2.38. The van der Waals surface area contributed by atoms with Crippen molar-refractivity contribution in [2.24, 2.45) is 0 Å². The second kappa shape index (κ2) is 7.51. The van der Waals surface area contributed by atoms with Gasteiger partial charge in [0.1, 0.15) is 5.69 Å². The van der Waals surface area contributed by atoms with Crippen molar-refractivity contribution >= 4 is 17.0 Å². The molecule has 5 heteroatoms. The van der Waals surface area contributed by atoms with Crippen LogP contribution in [0.1, 0.15) is 36.7 Å². The third kappa shape index (κ3) is 3.67. The van der Waals surface area contributed by atoms with E-state index in [4.69, 9.17) is 4.42 Å². The maximum absolute atomic E-state index is 12.5. The molecular weight excluding hydrogens is 290 g/mol. The SMILES string of the molecule is C/C=C\Cn1c(C(=O)NCCN2CCCCC2)cc2occc21. The topological polar surface area (TPSA) is 50.4 Å². The highest BCUT2D eigenvalue weighted by atomic mass is 16.3. The Morgan fingerprint density at radius 1 is 1.35 bits per heavy atom. The Bertz CT molecular complexity index is 678. The standard InChI is InChI=1S/C18H25N3O2/c1-2-3-11-21-15-7-13-23-17(15)14-16(21)18(22)19-8-12-20-9-5-4-6-10-20/h2-3,7,13-14H,4-6,8-12H2,1H3,(H,19,22)/b3-2-. The van der Waals surface area contributed by atoms with Crippen LogP contribution in [0.3, 0.4) is 0 Å². The van der Waals surface area contributed by atoms with E-state index < -0.39 is 0 Å². The first-order valence-corrected chi connectivity index (χ1v) is 8.48. The fraction of sp³-hybridized carbons (Fsp3) is 0.500. The van der Waals surface area contributed by atoms with E-state index in [-0.39, 0.29) is 5.91 Å². The summed E-state index contributed by atoms with van der Waals surface area (Å²) in [4.78, 5) is 14.9. The molecule has 1 aliphatic rings. The van der Waals surface area contributed by atoms with Gasteiger partial charge < -0.3 is 19.2 Å². The average Bonchev–Trinajstić information content (AvgIpc) is 3.15. The molecular formula is C18H25N3O2. The quantitative estimate of drug-likeness (QED) is 0.834. The van der Waals surface area contributed by atoms with Crippen molar-refractivity contribution in [3.63, 3.8) is 0 Å². The van der Waals surface area contributed by atoms with Crippen molar-refractivity contribution in [3.05, 3.63) is 36.2 Å². The van der Waals surface area contributed by atoms with Crippen molar-refractivity contribution in [1.82, 2.24) is 14.8 Å². The molecule has 2 aromatic rings. The molecule has 2 aromatic heterocycles. The number of rotatable bonds is 6. The van der Waals surface area contributed by atoms with E-state index in [2.05, 4.69) is 10.2 Å². The highest BCUT2D eigenvalue weighted by Crippen LogP contribution is 2.21. The molecule has 1 amide bonds. The molecule has 1 fully saturated rings. The van der Waals surface area contributed by atoms with Gasteiger partial charge >= 0.3 is 0 Å². The van der Waals surface area contributed by atoms with Crippen LogP contribution in [-0.4, -0.2) is 41.6 Å². The number of nitrogens with one attached hydrogen (secondary N) is 1. The summed E-state index contributed by atoms with van der Waals surface area (Å²) in [6.45, 7) is 6.58. The Labute approximate surface area is 136 Å². The zero-order chi connectivity index (χ0) is 16.1. The monoisotopic (exact) mass is 315 g/mol. The maximum atomic E-state index is 12.5. The Hall–Kier alpha value is -2.01. The minimum Gasteiger partial charge on any atom is -0.463 e. The van der Waals surface area contributed by atoms with E-state index >= 15 is 0 Å². The van der Waals surface area contributed by atoms with Crippen molar-refractivity contribution < 1.29 is 9.21 Å². The normalized spacial score (nSPS) is 16.4. The van der Waals surface area contributed by atoms with Crippen LogP contribution in [0.5, 0.6) is 0 Å². The second-order valence-electron chi connectivity index (χ2n) is 6.04. The number of furan rings is 1. The molecule has 0 aliphatic carbocycles. The number of hydrogen-bond donors (Lipinski definition) is 1. The molecule has 124 valence electrons. The Morgan fingerprint density at radius 2 is 2.17 bits per heavy atom. The van der Waals surface area contributed by atoms with Crippen molar-refractivity contribution in [2.75, 3.05) is 26.2 Å². The Kier molecular flexibility index (Phi) is 5.18. The van der Waals surface area contributed by atoms with Crippen LogP contribution < -0.4 is 5.32 Å². The largest absolute Gasteiger partial charge is 0.463 e. The summed E-state index contributed by atoms with van der Waals surface area (Å²) in [6.07, 6.45) is 9.57. The fourth-order valence-corrected chi connectivity index (χ4v) is 3.17. The van der Waals surface area contributed by atoms with Crippen LogP contribution in [0.15, 0.2) is 35.0 Å². The van der Waals surface area contributed by atoms with Crippen LogP contribution in [0.2, 0.25) is 0 Å². The number of carbonyl (C=O) groups excluding carboxylic acids is 1. The summed E-state index contributed by atoms with van der Waals surface area (Å²) >= 11 is 0. The van der Waals surface area contributed by atoms with Gasteiger partial charge in [-0.05, 0) is 32.9 Å². The third-order valence-corrected chi connectivity index (χ3v) is 4.44. The molecule has 1 saturated heterocycles. The van der Waals surface area contributed by atoms with Gasteiger partial charge in [-0.15, -0.1) is 0 Å². The molecule has 23 heavy (non-hydrogen) atoms. The van der Waals surface area contributed by atoms with Crippen LogP contribution in [0.25, 0.3) is 11.1 Å². The number of allylic oxidation sites excluding steroid dienone is 2. The van der Waals surface area contributed by atoms with Gasteiger partial charge in [-0.25, -0.2) is 0 Å². The summed E-state index contributed by atoms with van der Waals surface area (Å²) in [5.74, 6) is -0.0297. The van der Waals surface area contributed by atoms with Gasteiger partial charge in [0.15, 0.2) is 5.58 Å². The van der Waals surface area contributed by atoms with E-state index in [0.717, 1.165) is 30.7 Å². The first kappa shape index (κ1) is 15.9. The number of nitrogens with zero attached hydrogens (tertiary/aromatic N) is 2. The summed E-state index contributed by atoms with van der Waals surface area (Å²) < 4.78 is 7.43. The molecule has 0 unspecified atom stereocenters. The maximum Gasteiger partial charge on any atom is 0.268 e. The van der Waals surface area contributed by atoms with Gasteiger partial charge in [0.2, 0.25) is 0 Å².